The van der Waals surface area contributed by atoms with Crippen LogP contribution >= 0.6 is 0 Å². The van der Waals surface area contributed by atoms with Gasteiger partial charge in [0, 0.05) is 13.0 Å². The van der Waals surface area contributed by atoms with E-state index in [9.17, 15) is 10.2 Å². The molecule has 0 amide bonds. The van der Waals surface area contributed by atoms with Gasteiger partial charge in [-0.2, -0.15) is 0 Å². The molecule has 4 nitrogen and oxygen atoms in total. The van der Waals surface area contributed by atoms with Crippen molar-refractivity contribution in [3.8, 4) is 0 Å². The molecule has 0 spiro atoms. The van der Waals surface area contributed by atoms with E-state index in [2.05, 4.69) is 19.1 Å². The van der Waals surface area contributed by atoms with Crippen molar-refractivity contribution in [1.29, 1.82) is 0 Å². The Morgan fingerprint density at radius 2 is 0.933 bits per heavy atom. The molecule has 0 radical (unpaired) electrons. The van der Waals surface area contributed by atoms with E-state index in [0.29, 0.717) is 13.1 Å². The van der Waals surface area contributed by atoms with Gasteiger partial charge in [0.25, 0.3) is 0 Å². The van der Waals surface area contributed by atoms with Crippen LogP contribution < -0.4 is 12.4 Å². The Bertz CT molecular complexity index is 347. The summed E-state index contributed by atoms with van der Waals surface area (Å²) in [6, 6.07) is 0. The summed E-state index contributed by atoms with van der Waals surface area (Å²) < 4.78 is 0.747. The molecule has 5 heteroatoms. The lowest BCUT2D eigenvalue weighted by atomic mass is 10.1. The summed E-state index contributed by atoms with van der Waals surface area (Å²) in [7, 11) is 0. The lowest BCUT2D eigenvalue weighted by molar-refractivity contribution is -0.929. The number of nitrogens with zero attached hydrogens (tertiary/aromatic N) is 1. The molecule has 0 saturated carbocycles. The molecular weight excluding hydrogens is 398 g/mol. The average Bonchev–Trinajstić information content (AvgIpc) is 2.72. The van der Waals surface area contributed by atoms with Crippen LogP contribution in [-0.4, -0.2) is 65.8 Å². The van der Waals surface area contributed by atoms with Crippen LogP contribution in [0, 0.1) is 0 Å². The van der Waals surface area contributed by atoms with Gasteiger partial charge in [0.05, 0.1) is 26.3 Å². The predicted molar refractivity (Wildman–Crippen MR) is 125 cm³/mol. The van der Waals surface area contributed by atoms with Gasteiger partial charge in [-0.15, -0.1) is 0 Å². The van der Waals surface area contributed by atoms with Gasteiger partial charge in [-0.1, -0.05) is 70.4 Å². The first-order chi connectivity index (χ1) is 14.2. The maximum absolute atomic E-state index is 9.40. The van der Waals surface area contributed by atoms with Crippen molar-refractivity contribution in [1.82, 2.24) is 0 Å². The van der Waals surface area contributed by atoms with Gasteiger partial charge >= 0.3 is 0 Å². The second-order valence-electron chi connectivity index (χ2n) is 8.70. The van der Waals surface area contributed by atoms with Crippen molar-refractivity contribution in [3.05, 3.63) is 12.2 Å². The molecule has 0 aromatic heterocycles. The summed E-state index contributed by atoms with van der Waals surface area (Å²) in [5.41, 5.74) is 0. The Morgan fingerprint density at radius 1 is 0.500 bits per heavy atom. The van der Waals surface area contributed by atoms with Crippen LogP contribution in [0.3, 0.4) is 0 Å². The highest BCUT2D eigenvalue weighted by Crippen LogP contribution is 2.14. The lowest BCUT2D eigenvalue weighted by Crippen LogP contribution is -3.00. The normalized spacial score (nSPS) is 11.9. The monoisotopic (exact) mass is 449 g/mol. The third-order valence-corrected chi connectivity index (χ3v) is 6.08. The zero-order valence-corrected chi connectivity index (χ0v) is 20.6. The molecule has 0 fully saturated rings. The summed E-state index contributed by atoms with van der Waals surface area (Å²) in [5, 5.41) is 27.9. The van der Waals surface area contributed by atoms with Gasteiger partial charge in [-0.05, 0) is 38.5 Å². The van der Waals surface area contributed by atoms with Gasteiger partial charge in [0.2, 0.25) is 0 Å². The standard InChI is InChI=1S/C25H52NO3.ClH/c1-2-3-4-5-6-7-8-9-10-11-12-13-14-15-16-17-19-26(21-24-28,22-25-29)20-18-23-27;/h9-10,27-29H,2-8,11-25H2,1H3;1H/q+1;/p-1/b10-9-;. The zero-order valence-electron chi connectivity index (χ0n) is 19.9. The zero-order chi connectivity index (χ0) is 21.5. The number of rotatable bonds is 23. The van der Waals surface area contributed by atoms with Crippen LogP contribution in [-0.2, 0) is 0 Å². The third kappa shape index (κ3) is 19.8. The minimum absolute atomic E-state index is 0. The molecule has 0 heterocycles. The SMILES string of the molecule is CCCCCCCC/C=C\CCCCCCCC[N+](CCO)(CCO)CCCO.[Cl-]. The van der Waals surface area contributed by atoms with Crippen LogP contribution in [0.4, 0.5) is 0 Å². The van der Waals surface area contributed by atoms with Crippen LogP contribution in [0.5, 0.6) is 0 Å². The second kappa shape index (κ2) is 25.1. The van der Waals surface area contributed by atoms with E-state index in [1.54, 1.807) is 0 Å². The van der Waals surface area contributed by atoms with Gasteiger partial charge in [0.1, 0.15) is 13.1 Å². The molecule has 182 valence electrons. The largest absolute Gasteiger partial charge is 1.00 e. The van der Waals surface area contributed by atoms with Gasteiger partial charge in [0.15, 0.2) is 0 Å². The number of quaternary nitrogens is 1. The maximum atomic E-state index is 9.40. The Balaban J connectivity index is 0. The summed E-state index contributed by atoms with van der Waals surface area (Å²) in [4.78, 5) is 0. The fourth-order valence-corrected chi connectivity index (χ4v) is 4.20. The van der Waals surface area contributed by atoms with E-state index < -0.39 is 0 Å². The topological polar surface area (TPSA) is 60.7 Å². The molecule has 3 N–H and O–H groups in total. The van der Waals surface area contributed by atoms with Crippen molar-refractivity contribution >= 4 is 0 Å². The van der Waals surface area contributed by atoms with Crippen LogP contribution in [0.1, 0.15) is 103 Å². The summed E-state index contributed by atoms with van der Waals surface area (Å²) in [5.74, 6) is 0. The predicted octanol–water partition coefficient (Wildman–Crippen LogP) is 2.21. The van der Waals surface area contributed by atoms with Crippen molar-refractivity contribution in [2.75, 3.05) is 46.0 Å². The van der Waals surface area contributed by atoms with Gasteiger partial charge < -0.3 is 32.2 Å². The van der Waals surface area contributed by atoms with E-state index in [1.807, 2.05) is 0 Å². The smallest absolute Gasteiger partial charge is 0.102 e. The van der Waals surface area contributed by atoms with E-state index in [4.69, 9.17) is 5.11 Å². The number of hydrogen-bond donors (Lipinski definition) is 3. The number of allylic oxidation sites excluding steroid dienone is 2. The third-order valence-electron chi connectivity index (χ3n) is 6.08. The first-order valence-corrected chi connectivity index (χ1v) is 12.6. The first kappa shape index (κ1) is 32.1. The number of aliphatic hydroxyl groups is 3. The molecular formula is C25H52ClNO3. The highest BCUT2D eigenvalue weighted by atomic mass is 35.5. The Morgan fingerprint density at radius 3 is 1.40 bits per heavy atom. The maximum Gasteiger partial charge on any atom is 0.102 e. The average molecular weight is 450 g/mol. The molecule has 0 atom stereocenters. The minimum atomic E-state index is 0. The lowest BCUT2D eigenvalue weighted by Gasteiger charge is -2.38. The molecule has 0 unspecified atom stereocenters. The molecule has 0 aliphatic rings. The molecule has 30 heavy (non-hydrogen) atoms. The molecule has 0 rings (SSSR count). The molecule has 0 aliphatic heterocycles. The van der Waals surface area contributed by atoms with Gasteiger partial charge in [-0.3, -0.25) is 0 Å². The Labute approximate surface area is 193 Å². The Hall–Kier alpha value is -0.130. The van der Waals surface area contributed by atoms with Crippen LogP contribution in [0.25, 0.3) is 0 Å². The Kier molecular flexibility index (Phi) is 26.9. The second-order valence-corrected chi connectivity index (χ2v) is 8.70. The fourth-order valence-electron chi connectivity index (χ4n) is 4.20. The summed E-state index contributed by atoms with van der Waals surface area (Å²) in [6.45, 7) is 5.98. The summed E-state index contributed by atoms with van der Waals surface area (Å²) in [6.07, 6.45) is 23.8. The van der Waals surface area contributed by atoms with E-state index >= 15 is 0 Å². The quantitative estimate of drug-likeness (QED) is 0.127. The van der Waals surface area contributed by atoms with E-state index in [0.717, 1.165) is 30.4 Å². The fraction of sp³-hybridized carbons (Fsp3) is 0.920. The molecule has 0 aliphatic carbocycles. The highest BCUT2D eigenvalue weighted by molar-refractivity contribution is 4.81. The van der Waals surface area contributed by atoms with Crippen molar-refractivity contribution < 1.29 is 32.2 Å². The number of unbranched alkanes of at least 4 members (excludes halogenated alkanes) is 12. The minimum Gasteiger partial charge on any atom is -1.00 e. The van der Waals surface area contributed by atoms with Crippen LogP contribution in [0.2, 0.25) is 0 Å². The summed E-state index contributed by atoms with van der Waals surface area (Å²) >= 11 is 0. The molecule has 0 bridgehead atoms. The van der Waals surface area contributed by atoms with Crippen LogP contribution in [0.15, 0.2) is 12.2 Å². The van der Waals surface area contributed by atoms with Crippen molar-refractivity contribution in [2.45, 2.75) is 103 Å². The highest BCUT2D eigenvalue weighted by Gasteiger charge is 2.25. The number of halogens is 1. The molecule has 0 aromatic carbocycles. The molecule has 0 aromatic rings. The number of hydrogen-bond acceptors (Lipinski definition) is 3. The first-order valence-electron chi connectivity index (χ1n) is 12.6. The van der Waals surface area contributed by atoms with Gasteiger partial charge in [-0.25, -0.2) is 0 Å². The van der Waals surface area contributed by atoms with E-state index in [1.165, 1.54) is 83.5 Å². The number of aliphatic hydroxyl groups excluding tert-OH is 3. The van der Waals surface area contributed by atoms with E-state index in [-0.39, 0.29) is 32.2 Å². The van der Waals surface area contributed by atoms with Crippen molar-refractivity contribution in [2.24, 2.45) is 0 Å². The van der Waals surface area contributed by atoms with Crippen molar-refractivity contribution in [3.63, 3.8) is 0 Å². The molecule has 0 saturated heterocycles.